The molecule has 0 amide bonds. The lowest BCUT2D eigenvalue weighted by atomic mass is 10.1. The molecule has 0 aliphatic carbocycles. The molecule has 0 saturated carbocycles. The van der Waals surface area contributed by atoms with Crippen LogP contribution in [0.5, 0.6) is 0 Å². The van der Waals surface area contributed by atoms with E-state index in [0.29, 0.717) is 16.0 Å². The van der Waals surface area contributed by atoms with E-state index in [4.69, 9.17) is 16.0 Å². The molecule has 0 aliphatic rings. The molecule has 0 saturated heterocycles. The Hall–Kier alpha value is -2.72. The van der Waals surface area contributed by atoms with Crippen LogP contribution in [-0.4, -0.2) is 5.78 Å². The van der Waals surface area contributed by atoms with E-state index in [9.17, 15) is 13.6 Å². The van der Waals surface area contributed by atoms with Crippen molar-refractivity contribution < 1.29 is 18.0 Å². The number of carbonyl (C=O) groups excluding carboxylic acids is 1. The Balaban J connectivity index is 1.93. The molecule has 3 aromatic carbocycles. The number of fused-ring (bicyclic) bond motifs is 3. The van der Waals surface area contributed by atoms with Gasteiger partial charge in [0, 0.05) is 21.2 Å². The highest BCUT2D eigenvalue weighted by Gasteiger charge is 2.20. The normalized spacial score (nSPS) is 11.3. The third kappa shape index (κ3) is 2.27. The molecule has 0 spiro atoms. The molecular formula is C19H9ClF2O2. The lowest BCUT2D eigenvalue weighted by molar-refractivity contribution is 0.101. The first kappa shape index (κ1) is 14.8. The molecule has 0 aliphatic heterocycles. The minimum Gasteiger partial charge on any atom is -0.452 e. The fourth-order valence-corrected chi connectivity index (χ4v) is 3.02. The summed E-state index contributed by atoms with van der Waals surface area (Å²) in [6.07, 6.45) is 0. The molecule has 0 radical (unpaired) electrons. The van der Waals surface area contributed by atoms with Gasteiger partial charge >= 0.3 is 0 Å². The summed E-state index contributed by atoms with van der Waals surface area (Å²) < 4.78 is 32.8. The number of rotatable bonds is 2. The monoisotopic (exact) mass is 342 g/mol. The third-order valence-corrected chi connectivity index (χ3v) is 4.18. The van der Waals surface area contributed by atoms with Gasteiger partial charge in [-0.15, -0.1) is 0 Å². The van der Waals surface area contributed by atoms with Gasteiger partial charge < -0.3 is 4.42 Å². The van der Waals surface area contributed by atoms with Crippen LogP contribution in [-0.2, 0) is 0 Å². The van der Waals surface area contributed by atoms with Gasteiger partial charge in [-0.3, -0.25) is 4.79 Å². The number of halogens is 3. The minimum absolute atomic E-state index is 0.0677. The summed E-state index contributed by atoms with van der Waals surface area (Å²) in [5.41, 5.74) is 0.111. The Bertz CT molecular complexity index is 1120. The van der Waals surface area contributed by atoms with Crippen molar-refractivity contribution in [3.05, 3.63) is 82.6 Å². The predicted molar refractivity (Wildman–Crippen MR) is 88.5 cm³/mol. The quantitative estimate of drug-likeness (QED) is 0.434. The summed E-state index contributed by atoms with van der Waals surface area (Å²) in [4.78, 5) is 12.5. The zero-order valence-corrected chi connectivity index (χ0v) is 12.9. The molecule has 5 heteroatoms. The van der Waals surface area contributed by atoms with E-state index in [2.05, 4.69) is 0 Å². The van der Waals surface area contributed by atoms with Crippen molar-refractivity contribution in [3.8, 4) is 0 Å². The van der Waals surface area contributed by atoms with Crippen LogP contribution in [0.2, 0.25) is 5.02 Å². The van der Waals surface area contributed by atoms with Crippen molar-refractivity contribution in [1.29, 1.82) is 0 Å². The van der Waals surface area contributed by atoms with E-state index in [1.54, 1.807) is 6.07 Å². The van der Waals surface area contributed by atoms with E-state index < -0.39 is 17.4 Å². The van der Waals surface area contributed by atoms with Gasteiger partial charge in [-0.1, -0.05) is 35.9 Å². The summed E-state index contributed by atoms with van der Waals surface area (Å²) in [6.45, 7) is 0. The summed E-state index contributed by atoms with van der Waals surface area (Å²) in [5, 5.41) is 2.68. The molecular weight excluding hydrogens is 334 g/mol. The van der Waals surface area contributed by atoms with E-state index in [1.807, 2.05) is 24.3 Å². The van der Waals surface area contributed by atoms with Crippen LogP contribution in [0.4, 0.5) is 8.78 Å². The lowest BCUT2D eigenvalue weighted by Crippen LogP contribution is -2.03. The van der Waals surface area contributed by atoms with E-state index >= 15 is 0 Å². The Labute approximate surface area is 140 Å². The number of hydrogen-bond acceptors (Lipinski definition) is 2. The van der Waals surface area contributed by atoms with Gasteiger partial charge in [-0.25, -0.2) is 8.78 Å². The van der Waals surface area contributed by atoms with Crippen LogP contribution in [0.1, 0.15) is 16.1 Å². The Morgan fingerprint density at radius 3 is 2.50 bits per heavy atom. The molecule has 0 atom stereocenters. The summed E-state index contributed by atoms with van der Waals surface area (Å²) in [7, 11) is 0. The summed E-state index contributed by atoms with van der Waals surface area (Å²) >= 11 is 6.25. The second-order valence-electron chi connectivity index (χ2n) is 5.39. The highest BCUT2D eigenvalue weighted by Crippen LogP contribution is 2.34. The van der Waals surface area contributed by atoms with Crippen LogP contribution in [0.25, 0.3) is 21.7 Å². The van der Waals surface area contributed by atoms with Crippen molar-refractivity contribution >= 4 is 39.1 Å². The largest absolute Gasteiger partial charge is 0.452 e. The molecule has 0 fully saturated rings. The van der Waals surface area contributed by atoms with Crippen LogP contribution >= 0.6 is 11.6 Å². The molecule has 0 bridgehead atoms. The van der Waals surface area contributed by atoms with Gasteiger partial charge in [-0.05, 0) is 30.3 Å². The molecule has 0 N–H and O–H groups in total. The van der Waals surface area contributed by atoms with E-state index in [0.717, 1.165) is 29.0 Å². The first-order valence-electron chi connectivity index (χ1n) is 7.15. The van der Waals surface area contributed by atoms with Crippen molar-refractivity contribution in [2.75, 3.05) is 0 Å². The maximum atomic E-state index is 13.8. The Morgan fingerprint density at radius 1 is 0.958 bits per heavy atom. The number of benzene rings is 3. The first-order valence-corrected chi connectivity index (χ1v) is 7.53. The number of ketones is 1. The maximum absolute atomic E-state index is 13.8. The van der Waals surface area contributed by atoms with Crippen molar-refractivity contribution in [2.24, 2.45) is 0 Å². The van der Waals surface area contributed by atoms with Crippen LogP contribution in [0.15, 0.2) is 59.0 Å². The number of furan rings is 1. The van der Waals surface area contributed by atoms with Crippen molar-refractivity contribution in [1.82, 2.24) is 0 Å². The topological polar surface area (TPSA) is 30.2 Å². The molecule has 0 unspecified atom stereocenters. The zero-order valence-electron chi connectivity index (χ0n) is 12.1. The molecule has 24 heavy (non-hydrogen) atoms. The molecule has 4 rings (SSSR count). The summed E-state index contributed by atoms with van der Waals surface area (Å²) in [5.74, 6) is -2.28. The average molecular weight is 343 g/mol. The van der Waals surface area contributed by atoms with Crippen molar-refractivity contribution in [2.45, 2.75) is 0 Å². The Morgan fingerprint density at radius 2 is 1.71 bits per heavy atom. The van der Waals surface area contributed by atoms with Crippen LogP contribution < -0.4 is 0 Å². The zero-order chi connectivity index (χ0) is 16.8. The van der Waals surface area contributed by atoms with Gasteiger partial charge in [0.25, 0.3) is 0 Å². The number of hydrogen-bond donors (Lipinski definition) is 0. The second kappa shape index (κ2) is 5.42. The minimum atomic E-state index is -0.801. The van der Waals surface area contributed by atoms with E-state index in [1.165, 1.54) is 6.07 Å². The molecule has 1 heterocycles. The molecule has 1 aromatic heterocycles. The second-order valence-corrected chi connectivity index (χ2v) is 5.79. The Kier molecular flexibility index (Phi) is 3.36. The highest BCUT2D eigenvalue weighted by atomic mass is 35.5. The predicted octanol–water partition coefficient (Wildman–Crippen LogP) is 5.75. The molecule has 2 nitrogen and oxygen atoms in total. The molecule has 4 aromatic rings. The summed E-state index contributed by atoms with van der Waals surface area (Å²) in [6, 6.07) is 13.2. The number of carbonyl (C=O) groups is 1. The average Bonchev–Trinajstić information content (AvgIpc) is 3.01. The van der Waals surface area contributed by atoms with Crippen LogP contribution in [0, 0.1) is 11.6 Å². The van der Waals surface area contributed by atoms with Gasteiger partial charge in [0.05, 0.1) is 5.56 Å². The maximum Gasteiger partial charge on any atom is 0.231 e. The van der Waals surface area contributed by atoms with Crippen molar-refractivity contribution in [3.63, 3.8) is 0 Å². The lowest BCUT2D eigenvalue weighted by Gasteiger charge is -2.01. The molecule has 118 valence electrons. The van der Waals surface area contributed by atoms with Crippen LogP contribution in [0.3, 0.4) is 0 Å². The van der Waals surface area contributed by atoms with Gasteiger partial charge in [0.15, 0.2) is 5.76 Å². The first-order chi connectivity index (χ1) is 11.5. The van der Waals surface area contributed by atoms with Gasteiger partial charge in [-0.2, -0.15) is 0 Å². The fourth-order valence-electron chi connectivity index (χ4n) is 2.74. The van der Waals surface area contributed by atoms with Gasteiger partial charge in [0.2, 0.25) is 5.78 Å². The third-order valence-electron chi connectivity index (χ3n) is 3.87. The SMILES string of the molecule is O=C(c1cc2cc(Cl)c3ccccc3c2o1)c1cc(F)ccc1F. The van der Waals surface area contributed by atoms with Gasteiger partial charge in [0.1, 0.15) is 17.2 Å². The fraction of sp³-hybridized carbons (Fsp3) is 0. The van der Waals surface area contributed by atoms with E-state index in [-0.39, 0.29) is 11.3 Å². The highest BCUT2D eigenvalue weighted by molar-refractivity contribution is 6.37. The standard InChI is InChI=1S/C19H9ClF2O2/c20-15-7-10-8-17(18(23)14-9-11(21)5-6-16(14)22)24-19(10)13-4-2-1-3-12(13)15/h1-9H. The smallest absolute Gasteiger partial charge is 0.231 e.